The fourth-order valence-corrected chi connectivity index (χ4v) is 2.57. The Morgan fingerprint density at radius 2 is 1.84 bits per heavy atom. The van der Waals surface area contributed by atoms with E-state index in [1.807, 2.05) is 18.7 Å². The van der Waals surface area contributed by atoms with Crippen molar-refractivity contribution >= 4 is 23.2 Å². The van der Waals surface area contributed by atoms with Crippen molar-refractivity contribution < 1.29 is 4.79 Å². The highest BCUT2D eigenvalue weighted by molar-refractivity contribution is 7.80. The van der Waals surface area contributed by atoms with Crippen LogP contribution in [0.1, 0.15) is 33.1 Å². The fourth-order valence-electron chi connectivity index (χ4n) is 2.44. The summed E-state index contributed by atoms with van der Waals surface area (Å²) in [5.74, 6) is 0. The summed E-state index contributed by atoms with van der Waals surface area (Å²) in [4.78, 5) is 16.7. The van der Waals surface area contributed by atoms with Crippen molar-refractivity contribution in [3.05, 3.63) is 0 Å². The van der Waals surface area contributed by atoms with Gasteiger partial charge in [-0.25, -0.2) is 4.79 Å². The van der Waals surface area contributed by atoms with Crippen LogP contribution in [-0.2, 0) is 0 Å². The second-order valence-electron chi connectivity index (χ2n) is 5.97. The molecule has 2 aliphatic rings. The number of thiocarbonyl (C=S) groups is 1. The summed E-state index contributed by atoms with van der Waals surface area (Å²) < 4.78 is 0. The highest BCUT2D eigenvalue weighted by Crippen LogP contribution is 2.20. The van der Waals surface area contributed by atoms with E-state index in [-0.39, 0.29) is 11.6 Å². The van der Waals surface area contributed by atoms with E-state index in [1.54, 1.807) is 0 Å². The number of rotatable bonds is 3. The third kappa shape index (κ3) is 3.17. The Kier molecular flexibility index (Phi) is 4.30. The first-order valence-electron chi connectivity index (χ1n) is 7.01. The lowest BCUT2D eigenvalue weighted by Crippen LogP contribution is -2.61. The van der Waals surface area contributed by atoms with E-state index in [2.05, 4.69) is 10.2 Å². The lowest BCUT2D eigenvalue weighted by atomic mass is 9.93. The molecule has 0 aromatic carbocycles. The number of urea groups is 1. The smallest absolute Gasteiger partial charge is 0.317 e. The summed E-state index contributed by atoms with van der Waals surface area (Å²) in [6.45, 7) is 7.21. The zero-order valence-electron chi connectivity index (χ0n) is 11.8. The molecule has 3 N–H and O–H groups in total. The van der Waals surface area contributed by atoms with Crippen LogP contribution in [0.5, 0.6) is 0 Å². The van der Waals surface area contributed by atoms with E-state index in [9.17, 15) is 4.79 Å². The van der Waals surface area contributed by atoms with E-state index in [4.69, 9.17) is 18.0 Å². The van der Waals surface area contributed by atoms with Gasteiger partial charge in [0.15, 0.2) is 0 Å². The number of nitrogens with one attached hydrogen (secondary N) is 1. The molecular formula is C13H24N4OS. The van der Waals surface area contributed by atoms with Crippen molar-refractivity contribution in [1.29, 1.82) is 0 Å². The van der Waals surface area contributed by atoms with Crippen LogP contribution in [0, 0.1) is 0 Å². The number of hydrogen-bond donors (Lipinski definition) is 2. The third-order valence-corrected chi connectivity index (χ3v) is 4.89. The molecule has 5 nitrogen and oxygen atoms in total. The summed E-state index contributed by atoms with van der Waals surface area (Å²) in [7, 11) is 0. The number of carbonyl (C=O) groups excluding carboxylic acids is 1. The molecule has 0 bridgehead atoms. The van der Waals surface area contributed by atoms with E-state index in [0.29, 0.717) is 11.0 Å². The first-order valence-corrected chi connectivity index (χ1v) is 7.42. The second-order valence-corrected chi connectivity index (χ2v) is 6.41. The van der Waals surface area contributed by atoms with Crippen LogP contribution in [0.3, 0.4) is 0 Å². The van der Waals surface area contributed by atoms with Gasteiger partial charge < -0.3 is 16.0 Å². The zero-order valence-corrected chi connectivity index (χ0v) is 12.6. The highest BCUT2D eigenvalue weighted by Gasteiger charge is 2.33. The molecule has 0 aromatic rings. The largest absolute Gasteiger partial charge is 0.392 e. The van der Waals surface area contributed by atoms with Crippen molar-refractivity contribution in [2.45, 2.75) is 44.7 Å². The van der Waals surface area contributed by atoms with Crippen molar-refractivity contribution in [1.82, 2.24) is 15.1 Å². The molecule has 6 heteroatoms. The Morgan fingerprint density at radius 3 is 2.26 bits per heavy atom. The molecule has 1 saturated carbocycles. The van der Waals surface area contributed by atoms with Crippen molar-refractivity contribution in [2.24, 2.45) is 5.73 Å². The Labute approximate surface area is 120 Å². The van der Waals surface area contributed by atoms with Crippen LogP contribution in [0.2, 0.25) is 0 Å². The van der Waals surface area contributed by atoms with E-state index < -0.39 is 0 Å². The SMILES string of the molecule is CC(C)(C(N)=S)N1CCN(C(=O)NC2CCC2)CC1. The van der Waals surface area contributed by atoms with Gasteiger partial charge >= 0.3 is 6.03 Å². The summed E-state index contributed by atoms with van der Waals surface area (Å²) in [6, 6.07) is 0.482. The van der Waals surface area contributed by atoms with Gasteiger partial charge in [-0.3, -0.25) is 4.90 Å². The fraction of sp³-hybridized carbons (Fsp3) is 0.846. The average molecular weight is 284 g/mol. The van der Waals surface area contributed by atoms with Gasteiger partial charge in [-0.05, 0) is 33.1 Å². The predicted octanol–water partition coefficient (Wildman–Crippen LogP) is 0.931. The van der Waals surface area contributed by atoms with Crippen molar-refractivity contribution in [3.63, 3.8) is 0 Å². The van der Waals surface area contributed by atoms with Crippen LogP contribution in [0.4, 0.5) is 4.79 Å². The molecular weight excluding hydrogens is 260 g/mol. The van der Waals surface area contributed by atoms with Gasteiger partial charge in [0.1, 0.15) is 0 Å². The number of nitrogens with two attached hydrogens (primary N) is 1. The maximum atomic E-state index is 12.0. The average Bonchev–Trinajstić information content (AvgIpc) is 2.33. The standard InChI is InChI=1S/C13H24N4OS/c1-13(2,11(14)19)17-8-6-16(7-9-17)12(18)15-10-4-3-5-10/h10H,3-9H2,1-2H3,(H2,14,19)(H,15,18). The van der Waals surface area contributed by atoms with Gasteiger partial charge in [-0.15, -0.1) is 0 Å². The minimum atomic E-state index is -0.272. The minimum Gasteiger partial charge on any atom is -0.392 e. The molecule has 2 fully saturated rings. The van der Waals surface area contributed by atoms with Crippen LogP contribution >= 0.6 is 12.2 Å². The molecule has 2 amide bonds. The molecule has 0 aromatic heterocycles. The number of nitrogens with zero attached hydrogens (tertiary/aromatic N) is 2. The van der Waals surface area contributed by atoms with Crippen LogP contribution in [0.25, 0.3) is 0 Å². The second kappa shape index (κ2) is 5.63. The Balaban J connectivity index is 1.81. The lowest BCUT2D eigenvalue weighted by molar-refractivity contribution is 0.0957. The van der Waals surface area contributed by atoms with Crippen molar-refractivity contribution in [3.8, 4) is 0 Å². The topological polar surface area (TPSA) is 61.6 Å². The van der Waals surface area contributed by atoms with Crippen LogP contribution in [-0.4, -0.2) is 58.6 Å². The highest BCUT2D eigenvalue weighted by atomic mass is 32.1. The molecule has 1 heterocycles. The quantitative estimate of drug-likeness (QED) is 0.757. The third-order valence-electron chi connectivity index (χ3n) is 4.39. The van der Waals surface area contributed by atoms with Gasteiger partial charge in [0.25, 0.3) is 0 Å². The Morgan fingerprint density at radius 1 is 1.26 bits per heavy atom. The Hall–Kier alpha value is -0.880. The van der Waals surface area contributed by atoms with Gasteiger partial charge in [0, 0.05) is 32.2 Å². The molecule has 2 rings (SSSR count). The van der Waals surface area contributed by atoms with Gasteiger partial charge in [0.05, 0.1) is 10.5 Å². The number of piperazine rings is 1. The summed E-state index contributed by atoms with van der Waals surface area (Å²) >= 11 is 5.12. The number of amides is 2. The molecule has 0 unspecified atom stereocenters. The minimum absolute atomic E-state index is 0.0810. The molecule has 0 atom stereocenters. The molecule has 1 aliphatic carbocycles. The Bertz CT molecular complexity index is 360. The van der Waals surface area contributed by atoms with Gasteiger partial charge in [0.2, 0.25) is 0 Å². The molecule has 0 spiro atoms. The maximum absolute atomic E-state index is 12.0. The van der Waals surface area contributed by atoms with Gasteiger partial charge in [-0.2, -0.15) is 0 Å². The van der Waals surface area contributed by atoms with Crippen molar-refractivity contribution in [2.75, 3.05) is 26.2 Å². The molecule has 108 valence electrons. The summed E-state index contributed by atoms with van der Waals surface area (Å²) in [6.07, 6.45) is 3.49. The first-order chi connectivity index (χ1) is 8.91. The monoisotopic (exact) mass is 284 g/mol. The zero-order chi connectivity index (χ0) is 14.0. The van der Waals surface area contributed by atoms with E-state index in [0.717, 1.165) is 39.0 Å². The van der Waals surface area contributed by atoms with Gasteiger partial charge in [-0.1, -0.05) is 12.2 Å². The number of carbonyl (C=O) groups is 1. The summed E-state index contributed by atoms with van der Waals surface area (Å²) in [5, 5.41) is 3.08. The van der Waals surface area contributed by atoms with Crippen LogP contribution in [0.15, 0.2) is 0 Å². The summed E-state index contributed by atoms with van der Waals surface area (Å²) in [5.41, 5.74) is 5.51. The lowest BCUT2D eigenvalue weighted by Gasteiger charge is -2.43. The first kappa shape index (κ1) is 14.5. The number of hydrogen-bond acceptors (Lipinski definition) is 3. The molecule has 19 heavy (non-hydrogen) atoms. The molecule has 1 saturated heterocycles. The van der Waals surface area contributed by atoms with Crippen LogP contribution < -0.4 is 11.1 Å². The molecule has 1 aliphatic heterocycles. The van der Waals surface area contributed by atoms with E-state index >= 15 is 0 Å². The van der Waals surface area contributed by atoms with E-state index in [1.165, 1.54) is 6.42 Å². The maximum Gasteiger partial charge on any atom is 0.317 e. The predicted molar refractivity (Wildman–Crippen MR) is 80.2 cm³/mol. The molecule has 0 radical (unpaired) electrons. The normalized spacial score (nSPS) is 21.9.